The highest BCUT2D eigenvalue weighted by Crippen LogP contribution is 2.40. The van der Waals surface area contributed by atoms with Gasteiger partial charge in [-0.15, -0.1) is 0 Å². The minimum atomic E-state index is -0.703. The van der Waals surface area contributed by atoms with Crippen LogP contribution in [0.2, 0.25) is 0 Å². The molecule has 178 valence electrons. The number of halogens is 1. The van der Waals surface area contributed by atoms with Crippen molar-refractivity contribution in [2.45, 2.75) is 31.8 Å². The molecule has 1 heterocycles. The van der Waals surface area contributed by atoms with E-state index in [-0.39, 0.29) is 23.1 Å². The molecule has 0 N–H and O–H groups in total. The SMILES string of the molecule is COC(=O)c1c(-c2cc(I)c(OC3CCCC3)c(OC)c2)nn(-c2ccccc2)c1C(=O)OC. The van der Waals surface area contributed by atoms with E-state index < -0.39 is 11.9 Å². The number of rotatable bonds is 7. The highest BCUT2D eigenvalue weighted by atomic mass is 127. The molecule has 0 saturated heterocycles. The topological polar surface area (TPSA) is 88.9 Å². The standard InChI is InChI=1S/C25H25IN2O6/c1-31-19-14-15(13-18(26)23(19)34-17-11-7-8-12-17)21-20(24(29)32-2)22(25(30)33-3)28(27-21)16-9-5-4-6-10-16/h4-6,9-10,13-14,17H,7-8,11-12H2,1-3H3. The number of carbonyl (C=O) groups is 2. The first kappa shape index (κ1) is 24.1. The molecule has 9 heteroatoms. The lowest BCUT2D eigenvalue weighted by Gasteiger charge is -2.18. The van der Waals surface area contributed by atoms with Gasteiger partial charge in [-0.3, -0.25) is 0 Å². The zero-order chi connectivity index (χ0) is 24.2. The lowest BCUT2D eigenvalue weighted by atomic mass is 10.0. The Morgan fingerprint density at radius 1 is 1.00 bits per heavy atom. The van der Waals surface area contributed by atoms with Gasteiger partial charge in [-0.2, -0.15) is 5.10 Å². The Balaban J connectivity index is 1.91. The van der Waals surface area contributed by atoms with E-state index in [1.54, 1.807) is 25.3 Å². The molecule has 1 aliphatic rings. The molecular weight excluding hydrogens is 551 g/mol. The molecular formula is C25H25IN2O6. The smallest absolute Gasteiger partial charge is 0.357 e. The predicted molar refractivity (Wildman–Crippen MR) is 134 cm³/mol. The molecule has 3 aromatic rings. The van der Waals surface area contributed by atoms with Crippen molar-refractivity contribution in [3.8, 4) is 28.4 Å². The fourth-order valence-corrected chi connectivity index (χ4v) is 4.83. The summed E-state index contributed by atoms with van der Waals surface area (Å²) in [5.74, 6) is -0.212. The van der Waals surface area contributed by atoms with Gasteiger partial charge in [0.25, 0.3) is 0 Å². The van der Waals surface area contributed by atoms with Crippen LogP contribution in [0.4, 0.5) is 0 Å². The number of hydrogen-bond acceptors (Lipinski definition) is 7. The summed E-state index contributed by atoms with van der Waals surface area (Å²) >= 11 is 2.19. The van der Waals surface area contributed by atoms with Crippen LogP contribution >= 0.6 is 22.6 Å². The number of nitrogens with zero attached hydrogens (tertiary/aromatic N) is 2. The lowest BCUT2D eigenvalue weighted by molar-refractivity contribution is 0.0549. The van der Waals surface area contributed by atoms with E-state index in [1.807, 2.05) is 24.3 Å². The Kier molecular flexibility index (Phi) is 7.40. The van der Waals surface area contributed by atoms with Crippen LogP contribution in [0.1, 0.15) is 46.5 Å². The molecule has 4 rings (SSSR count). The van der Waals surface area contributed by atoms with E-state index >= 15 is 0 Å². The summed E-state index contributed by atoms with van der Waals surface area (Å²) in [7, 11) is 4.09. The summed E-state index contributed by atoms with van der Waals surface area (Å²) in [6.07, 6.45) is 4.48. The molecule has 0 amide bonds. The second-order valence-electron chi connectivity index (χ2n) is 7.82. The fraction of sp³-hybridized carbons (Fsp3) is 0.320. The number of methoxy groups -OCH3 is 3. The molecule has 8 nitrogen and oxygen atoms in total. The highest BCUT2D eigenvalue weighted by Gasteiger charge is 2.32. The molecule has 1 aliphatic carbocycles. The summed E-state index contributed by atoms with van der Waals surface area (Å²) in [5, 5.41) is 4.65. The summed E-state index contributed by atoms with van der Waals surface area (Å²) in [4.78, 5) is 25.7. The van der Waals surface area contributed by atoms with E-state index in [1.165, 1.54) is 18.9 Å². The van der Waals surface area contributed by atoms with Crippen molar-refractivity contribution in [1.82, 2.24) is 9.78 Å². The summed E-state index contributed by atoms with van der Waals surface area (Å²) in [6.45, 7) is 0. The van der Waals surface area contributed by atoms with Gasteiger partial charge in [0.2, 0.25) is 0 Å². The second-order valence-corrected chi connectivity index (χ2v) is 8.98. The first-order valence-corrected chi connectivity index (χ1v) is 12.0. The number of benzene rings is 2. The zero-order valence-corrected chi connectivity index (χ0v) is 21.3. The third kappa shape index (κ3) is 4.61. The van der Waals surface area contributed by atoms with E-state index in [0.29, 0.717) is 22.7 Å². The molecule has 1 aromatic heterocycles. The van der Waals surface area contributed by atoms with Crippen LogP contribution < -0.4 is 9.47 Å². The Labute approximate surface area is 211 Å². The van der Waals surface area contributed by atoms with Gasteiger partial charge in [-0.05, 0) is 72.5 Å². The molecule has 0 radical (unpaired) electrons. The normalized spacial score (nSPS) is 13.5. The van der Waals surface area contributed by atoms with Crippen LogP contribution in [-0.2, 0) is 9.47 Å². The zero-order valence-electron chi connectivity index (χ0n) is 19.2. The van der Waals surface area contributed by atoms with Gasteiger partial charge >= 0.3 is 11.9 Å². The number of ether oxygens (including phenoxy) is 4. The highest BCUT2D eigenvalue weighted by molar-refractivity contribution is 14.1. The molecule has 2 aromatic carbocycles. The van der Waals surface area contributed by atoms with Crippen molar-refractivity contribution in [3.05, 3.63) is 57.3 Å². The Morgan fingerprint density at radius 2 is 1.68 bits per heavy atom. The quantitative estimate of drug-likeness (QED) is 0.288. The summed E-state index contributed by atoms with van der Waals surface area (Å²) in [6, 6.07) is 12.7. The van der Waals surface area contributed by atoms with Crippen molar-refractivity contribution in [2.75, 3.05) is 21.3 Å². The van der Waals surface area contributed by atoms with Gasteiger partial charge in [0.1, 0.15) is 11.3 Å². The van der Waals surface area contributed by atoms with Crippen molar-refractivity contribution in [2.24, 2.45) is 0 Å². The predicted octanol–water partition coefficient (Wildman–Crippen LogP) is 5.05. The minimum absolute atomic E-state index is 0.0144. The molecule has 1 fully saturated rings. The number of para-hydroxylation sites is 1. The van der Waals surface area contributed by atoms with Crippen LogP contribution in [0, 0.1) is 3.57 Å². The van der Waals surface area contributed by atoms with Crippen LogP contribution in [0.25, 0.3) is 16.9 Å². The van der Waals surface area contributed by atoms with Gasteiger partial charge in [0, 0.05) is 5.56 Å². The molecule has 0 atom stereocenters. The Bertz CT molecular complexity index is 1200. The number of esters is 2. The van der Waals surface area contributed by atoms with Gasteiger partial charge in [0.05, 0.1) is 36.7 Å². The van der Waals surface area contributed by atoms with E-state index in [2.05, 4.69) is 27.7 Å². The summed E-state index contributed by atoms with van der Waals surface area (Å²) in [5.41, 5.74) is 1.46. The first-order chi connectivity index (χ1) is 16.5. The molecule has 0 spiro atoms. The van der Waals surface area contributed by atoms with Gasteiger partial charge < -0.3 is 18.9 Å². The van der Waals surface area contributed by atoms with E-state index in [9.17, 15) is 9.59 Å². The van der Waals surface area contributed by atoms with Crippen LogP contribution in [-0.4, -0.2) is 49.2 Å². The average Bonchev–Trinajstić information content (AvgIpc) is 3.52. The number of hydrogen-bond donors (Lipinski definition) is 0. The Hall–Kier alpha value is -3.08. The second kappa shape index (κ2) is 10.5. The molecule has 0 aliphatic heterocycles. The molecule has 34 heavy (non-hydrogen) atoms. The largest absolute Gasteiger partial charge is 0.493 e. The first-order valence-electron chi connectivity index (χ1n) is 10.9. The Morgan fingerprint density at radius 3 is 2.29 bits per heavy atom. The molecule has 0 bridgehead atoms. The van der Waals surface area contributed by atoms with Gasteiger partial charge in [0.15, 0.2) is 17.2 Å². The fourth-order valence-electron chi connectivity index (χ4n) is 4.10. The lowest BCUT2D eigenvalue weighted by Crippen LogP contribution is -2.15. The van der Waals surface area contributed by atoms with Crippen LogP contribution in [0.15, 0.2) is 42.5 Å². The van der Waals surface area contributed by atoms with Gasteiger partial charge in [-0.25, -0.2) is 14.3 Å². The van der Waals surface area contributed by atoms with Crippen molar-refractivity contribution in [1.29, 1.82) is 0 Å². The third-order valence-electron chi connectivity index (χ3n) is 5.74. The van der Waals surface area contributed by atoms with Crippen molar-refractivity contribution in [3.63, 3.8) is 0 Å². The summed E-state index contributed by atoms with van der Waals surface area (Å²) < 4.78 is 24.1. The average molecular weight is 576 g/mol. The molecule has 1 saturated carbocycles. The maximum Gasteiger partial charge on any atom is 0.357 e. The van der Waals surface area contributed by atoms with E-state index in [4.69, 9.17) is 18.9 Å². The van der Waals surface area contributed by atoms with Crippen LogP contribution in [0.5, 0.6) is 11.5 Å². The minimum Gasteiger partial charge on any atom is -0.493 e. The number of aromatic nitrogens is 2. The number of carbonyl (C=O) groups excluding carboxylic acids is 2. The maximum atomic E-state index is 12.9. The third-order valence-corrected chi connectivity index (χ3v) is 6.55. The van der Waals surface area contributed by atoms with Crippen molar-refractivity contribution >= 4 is 34.5 Å². The van der Waals surface area contributed by atoms with Gasteiger partial charge in [-0.1, -0.05) is 18.2 Å². The van der Waals surface area contributed by atoms with Crippen molar-refractivity contribution < 1.29 is 28.5 Å². The monoisotopic (exact) mass is 576 g/mol. The molecule has 0 unspecified atom stereocenters. The van der Waals surface area contributed by atoms with E-state index in [0.717, 1.165) is 29.3 Å². The maximum absolute atomic E-state index is 12.9. The van der Waals surface area contributed by atoms with Crippen LogP contribution in [0.3, 0.4) is 0 Å².